The van der Waals surface area contributed by atoms with Crippen LogP contribution in [0, 0.1) is 12.7 Å². The lowest BCUT2D eigenvalue weighted by molar-refractivity contribution is 0.123. The minimum atomic E-state index is -0.182. The van der Waals surface area contributed by atoms with Crippen LogP contribution in [0.15, 0.2) is 55.8 Å². The van der Waals surface area contributed by atoms with Crippen LogP contribution in [0.2, 0.25) is 0 Å². The highest BCUT2D eigenvalue weighted by atomic mass is 19.1. The van der Waals surface area contributed by atoms with Crippen LogP contribution in [-0.4, -0.2) is 40.0 Å². The first-order valence-electron chi connectivity index (χ1n) is 10.9. The van der Waals surface area contributed by atoms with E-state index >= 15 is 0 Å². The Hall–Kier alpha value is -2.85. The molecule has 2 aromatic carbocycles. The summed E-state index contributed by atoms with van der Waals surface area (Å²) >= 11 is 0. The molecular formula is C27H32FN3. The number of nitrogens with zero attached hydrogens (tertiary/aromatic N) is 3. The fourth-order valence-electron chi connectivity index (χ4n) is 4.76. The van der Waals surface area contributed by atoms with E-state index in [0.717, 1.165) is 43.0 Å². The summed E-state index contributed by atoms with van der Waals surface area (Å²) in [6.45, 7) is 18.9. The van der Waals surface area contributed by atoms with Gasteiger partial charge in [0.1, 0.15) is 5.82 Å². The molecule has 0 spiro atoms. The first kappa shape index (κ1) is 21.4. The predicted molar refractivity (Wildman–Crippen MR) is 129 cm³/mol. The normalized spacial score (nSPS) is 17.3. The van der Waals surface area contributed by atoms with Crippen molar-refractivity contribution in [3.8, 4) is 0 Å². The molecule has 2 heterocycles. The van der Waals surface area contributed by atoms with Gasteiger partial charge < -0.3 is 9.47 Å². The molecule has 31 heavy (non-hydrogen) atoms. The molecule has 1 aliphatic rings. The highest BCUT2D eigenvalue weighted by molar-refractivity contribution is 5.95. The molecule has 1 saturated heterocycles. The number of aromatic nitrogens is 1. The Bertz CT molecular complexity index is 1140. The van der Waals surface area contributed by atoms with Gasteiger partial charge in [-0.3, -0.25) is 4.90 Å². The Kier molecular flexibility index (Phi) is 5.76. The van der Waals surface area contributed by atoms with Gasteiger partial charge in [0.2, 0.25) is 0 Å². The molecule has 1 fully saturated rings. The maximum Gasteiger partial charge on any atom is 0.123 e. The molecule has 1 unspecified atom stereocenters. The van der Waals surface area contributed by atoms with E-state index in [0.29, 0.717) is 6.04 Å². The first-order chi connectivity index (χ1) is 14.7. The van der Waals surface area contributed by atoms with Gasteiger partial charge in [-0.15, -0.1) is 0 Å². The van der Waals surface area contributed by atoms with Gasteiger partial charge in [0.25, 0.3) is 0 Å². The van der Waals surface area contributed by atoms with E-state index in [-0.39, 0.29) is 5.82 Å². The minimum Gasteiger partial charge on any atom is -0.366 e. The molecule has 0 radical (unpaired) electrons. The van der Waals surface area contributed by atoms with Crippen LogP contribution in [-0.2, 0) is 13.6 Å². The summed E-state index contributed by atoms with van der Waals surface area (Å²) in [4.78, 5) is 4.87. The number of hydrogen-bond donors (Lipinski definition) is 0. The zero-order valence-corrected chi connectivity index (χ0v) is 19.1. The molecule has 0 aliphatic carbocycles. The summed E-state index contributed by atoms with van der Waals surface area (Å²) in [5.74, 6) is -0.182. The van der Waals surface area contributed by atoms with Crippen LogP contribution < -0.4 is 0 Å². The monoisotopic (exact) mass is 417 g/mol. The van der Waals surface area contributed by atoms with E-state index in [4.69, 9.17) is 0 Å². The zero-order valence-electron chi connectivity index (χ0n) is 19.1. The van der Waals surface area contributed by atoms with E-state index in [1.165, 1.54) is 27.6 Å². The Labute approximate surface area is 185 Å². The van der Waals surface area contributed by atoms with Gasteiger partial charge in [-0.1, -0.05) is 25.3 Å². The second kappa shape index (κ2) is 8.35. The highest BCUT2D eigenvalue weighted by Crippen LogP contribution is 2.33. The van der Waals surface area contributed by atoms with Gasteiger partial charge in [-0.2, -0.15) is 0 Å². The third-order valence-electron chi connectivity index (χ3n) is 6.48. The van der Waals surface area contributed by atoms with Gasteiger partial charge in [-0.25, -0.2) is 4.39 Å². The first-order valence-corrected chi connectivity index (χ1v) is 10.9. The predicted octanol–water partition coefficient (Wildman–Crippen LogP) is 5.84. The van der Waals surface area contributed by atoms with Crippen LogP contribution in [0.5, 0.6) is 0 Å². The van der Waals surface area contributed by atoms with Crippen molar-refractivity contribution in [1.29, 1.82) is 0 Å². The molecule has 1 atom stereocenters. The summed E-state index contributed by atoms with van der Waals surface area (Å²) in [5.41, 5.74) is 8.19. The molecule has 4 heteroatoms. The van der Waals surface area contributed by atoms with Crippen molar-refractivity contribution in [3.05, 3.63) is 83.8 Å². The quantitative estimate of drug-likeness (QED) is 0.517. The van der Waals surface area contributed by atoms with Gasteiger partial charge in [0, 0.05) is 73.2 Å². The van der Waals surface area contributed by atoms with Gasteiger partial charge in [0.05, 0.1) is 0 Å². The number of halogens is 1. The molecule has 0 saturated carbocycles. The van der Waals surface area contributed by atoms with Crippen LogP contribution in [0.3, 0.4) is 0 Å². The van der Waals surface area contributed by atoms with Crippen LogP contribution in [0.1, 0.15) is 36.1 Å². The summed E-state index contributed by atoms with van der Waals surface area (Å²) < 4.78 is 15.4. The van der Waals surface area contributed by atoms with Crippen molar-refractivity contribution in [1.82, 2.24) is 14.4 Å². The van der Waals surface area contributed by atoms with Crippen LogP contribution in [0.25, 0.3) is 22.2 Å². The fourth-order valence-corrected chi connectivity index (χ4v) is 4.76. The highest BCUT2D eigenvalue weighted by Gasteiger charge is 2.26. The second-order valence-corrected chi connectivity index (χ2v) is 8.97. The van der Waals surface area contributed by atoms with Crippen LogP contribution >= 0.6 is 0 Å². The Morgan fingerprint density at radius 1 is 1.10 bits per heavy atom. The zero-order chi connectivity index (χ0) is 22.3. The number of allylic oxidation sites excluding steroid dienone is 1. The molecule has 1 aliphatic heterocycles. The van der Waals surface area contributed by atoms with Crippen LogP contribution in [0.4, 0.5) is 4.39 Å². The Morgan fingerprint density at radius 2 is 1.81 bits per heavy atom. The lowest BCUT2D eigenvalue weighted by atomic mass is 9.98. The standard InChI is InChI=1S/C27H32FN3/c1-18(2)26-17-29(6)27-13-19(3)24(14-25(26)27)21(5)31-12-11-30(15-20(31)4)16-22-7-9-23(28)10-8-22/h7-10,13-14,17,20H,1,5,11-12,15-16H2,2-4,6H3. The van der Waals surface area contributed by atoms with E-state index in [1.54, 1.807) is 12.1 Å². The third kappa shape index (κ3) is 4.17. The number of fused-ring (bicyclic) bond motifs is 1. The summed E-state index contributed by atoms with van der Waals surface area (Å²) in [6.07, 6.45) is 2.16. The molecule has 1 aromatic heterocycles. The van der Waals surface area contributed by atoms with Gasteiger partial charge in [-0.05, 0) is 61.7 Å². The lowest BCUT2D eigenvalue weighted by Crippen LogP contribution is -2.50. The van der Waals surface area contributed by atoms with Crippen molar-refractivity contribution >= 4 is 22.2 Å². The number of hydrogen-bond acceptors (Lipinski definition) is 2. The number of rotatable bonds is 5. The van der Waals surface area contributed by atoms with Crippen molar-refractivity contribution in [2.45, 2.75) is 33.4 Å². The van der Waals surface area contributed by atoms with E-state index in [1.807, 2.05) is 12.1 Å². The molecular weight excluding hydrogens is 385 g/mol. The lowest BCUT2D eigenvalue weighted by Gasteiger charge is -2.42. The van der Waals surface area contributed by atoms with Gasteiger partial charge >= 0.3 is 0 Å². The van der Waals surface area contributed by atoms with E-state index < -0.39 is 0 Å². The number of piperazine rings is 1. The van der Waals surface area contributed by atoms with Gasteiger partial charge in [0.15, 0.2) is 0 Å². The number of benzene rings is 2. The molecule has 0 bridgehead atoms. The molecule has 3 aromatic rings. The van der Waals surface area contributed by atoms with Crippen molar-refractivity contribution in [2.24, 2.45) is 7.05 Å². The molecule has 0 N–H and O–H groups in total. The third-order valence-corrected chi connectivity index (χ3v) is 6.48. The maximum atomic E-state index is 13.2. The minimum absolute atomic E-state index is 0.182. The molecule has 3 nitrogen and oxygen atoms in total. The summed E-state index contributed by atoms with van der Waals surface area (Å²) in [6, 6.07) is 11.7. The molecule has 0 amide bonds. The maximum absolute atomic E-state index is 13.2. The summed E-state index contributed by atoms with van der Waals surface area (Å²) in [7, 11) is 2.09. The molecule has 4 rings (SSSR count). The van der Waals surface area contributed by atoms with Crippen molar-refractivity contribution < 1.29 is 4.39 Å². The topological polar surface area (TPSA) is 11.4 Å². The second-order valence-electron chi connectivity index (χ2n) is 8.97. The average Bonchev–Trinajstić information content (AvgIpc) is 3.05. The molecule has 162 valence electrons. The Morgan fingerprint density at radius 3 is 2.45 bits per heavy atom. The van der Waals surface area contributed by atoms with E-state index in [2.05, 4.69) is 73.7 Å². The number of aryl methyl sites for hydroxylation is 2. The summed E-state index contributed by atoms with van der Waals surface area (Å²) in [5, 5.41) is 1.24. The smallest absolute Gasteiger partial charge is 0.123 e. The van der Waals surface area contributed by atoms with E-state index in [9.17, 15) is 4.39 Å². The largest absolute Gasteiger partial charge is 0.366 e. The van der Waals surface area contributed by atoms with Crippen molar-refractivity contribution in [3.63, 3.8) is 0 Å². The fraction of sp³-hybridized carbons (Fsp3) is 0.333. The SMILES string of the molecule is C=C(C)c1cn(C)c2cc(C)c(C(=C)N3CCN(Cc4ccc(F)cc4)CC3C)cc12. The Balaban J connectivity index is 1.54. The van der Waals surface area contributed by atoms with Crippen molar-refractivity contribution in [2.75, 3.05) is 19.6 Å². The average molecular weight is 418 g/mol.